The molecule has 1 aliphatic rings. The van der Waals surface area contributed by atoms with Gasteiger partial charge in [-0.1, -0.05) is 27.7 Å². The minimum absolute atomic E-state index is 0.0258. The molecule has 0 spiro atoms. The van der Waals surface area contributed by atoms with Crippen LogP contribution in [-0.2, 0) is 42.9 Å². The maximum atomic E-state index is 11.8. The van der Waals surface area contributed by atoms with Crippen molar-refractivity contribution in [3.63, 3.8) is 0 Å². The van der Waals surface area contributed by atoms with E-state index >= 15 is 0 Å². The summed E-state index contributed by atoms with van der Waals surface area (Å²) in [5, 5.41) is 10.2. The SMILES string of the molecule is CCC(=O)OC[C@@H](OC(=O)CC)[C@H]1O[C@@H](O)[C@H](OC(=O)CC)[C@H]1OC(=O)CC. The Balaban J connectivity index is 3.10. The second kappa shape index (κ2) is 11.6. The Kier molecular flexibility index (Phi) is 9.88. The quantitative estimate of drug-likeness (QED) is 0.408. The average Bonchev–Trinajstić information content (AvgIpc) is 2.99. The number of aliphatic hydroxyl groups is 1. The van der Waals surface area contributed by atoms with Gasteiger partial charge in [0.05, 0.1) is 0 Å². The van der Waals surface area contributed by atoms with Gasteiger partial charge in [0.2, 0.25) is 0 Å². The molecular formula is C18H28O10. The van der Waals surface area contributed by atoms with Crippen LogP contribution in [0.2, 0.25) is 0 Å². The number of ether oxygens (including phenoxy) is 5. The van der Waals surface area contributed by atoms with Gasteiger partial charge in [-0.3, -0.25) is 19.2 Å². The molecule has 0 unspecified atom stereocenters. The molecule has 0 aromatic rings. The number of carbonyl (C=O) groups excluding carboxylic acids is 4. The Morgan fingerprint density at radius 3 is 1.82 bits per heavy atom. The van der Waals surface area contributed by atoms with E-state index in [0.717, 1.165) is 0 Å². The third kappa shape index (κ3) is 6.75. The van der Waals surface area contributed by atoms with Crippen LogP contribution in [-0.4, -0.2) is 66.3 Å². The van der Waals surface area contributed by atoms with Gasteiger partial charge in [-0.2, -0.15) is 0 Å². The maximum Gasteiger partial charge on any atom is 0.306 e. The van der Waals surface area contributed by atoms with Gasteiger partial charge in [0.15, 0.2) is 24.6 Å². The zero-order chi connectivity index (χ0) is 21.3. The fourth-order valence-electron chi connectivity index (χ4n) is 2.42. The summed E-state index contributed by atoms with van der Waals surface area (Å²) < 4.78 is 26.1. The number of carbonyl (C=O) groups is 4. The molecule has 1 saturated heterocycles. The van der Waals surface area contributed by atoms with E-state index < -0.39 is 54.6 Å². The molecule has 10 heteroatoms. The number of rotatable bonds is 10. The zero-order valence-corrected chi connectivity index (χ0v) is 16.5. The Hall–Kier alpha value is -2.20. The highest BCUT2D eigenvalue weighted by Gasteiger charge is 2.53. The fraction of sp³-hybridized carbons (Fsp3) is 0.778. The number of aliphatic hydroxyl groups excluding tert-OH is 1. The first kappa shape index (κ1) is 23.8. The molecule has 1 fully saturated rings. The highest BCUT2D eigenvalue weighted by molar-refractivity contribution is 5.71. The van der Waals surface area contributed by atoms with E-state index in [4.69, 9.17) is 23.7 Å². The fourth-order valence-corrected chi connectivity index (χ4v) is 2.42. The van der Waals surface area contributed by atoms with Gasteiger partial charge in [0.1, 0.15) is 12.7 Å². The smallest absolute Gasteiger partial charge is 0.306 e. The normalized spacial score (nSPS) is 24.9. The van der Waals surface area contributed by atoms with Gasteiger partial charge >= 0.3 is 23.9 Å². The van der Waals surface area contributed by atoms with Gasteiger partial charge in [0, 0.05) is 25.7 Å². The van der Waals surface area contributed by atoms with E-state index in [2.05, 4.69) is 0 Å². The number of hydrogen-bond donors (Lipinski definition) is 1. The lowest BCUT2D eigenvalue weighted by molar-refractivity contribution is -0.186. The van der Waals surface area contributed by atoms with E-state index in [0.29, 0.717) is 0 Å². The van der Waals surface area contributed by atoms with Crippen LogP contribution in [0.1, 0.15) is 53.4 Å². The van der Waals surface area contributed by atoms with Crippen molar-refractivity contribution in [2.45, 2.75) is 84.1 Å². The molecule has 10 nitrogen and oxygen atoms in total. The lowest BCUT2D eigenvalue weighted by Crippen LogP contribution is -2.47. The summed E-state index contributed by atoms with van der Waals surface area (Å²) in [4.78, 5) is 46.8. The van der Waals surface area contributed by atoms with E-state index in [9.17, 15) is 24.3 Å². The Morgan fingerprint density at radius 2 is 1.32 bits per heavy atom. The van der Waals surface area contributed by atoms with Crippen molar-refractivity contribution in [1.82, 2.24) is 0 Å². The van der Waals surface area contributed by atoms with Crippen LogP contribution in [0, 0.1) is 0 Å². The molecule has 160 valence electrons. The minimum atomic E-state index is -1.61. The standard InChI is InChI=1S/C18H28O10/c1-5-11(19)24-9-10(25-12(20)6-2)15-16(26-13(21)7-3)17(18(23)28-15)27-14(22)8-4/h10,15-18,23H,5-9H2,1-4H3/t10-,15-,16+,17-,18-/m1/s1. The summed E-state index contributed by atoms with van der Waals surface area (Å²) >= 11 is 0. The predicted molar refractivity (Wildman–Crippen MR) is 92.6 cm³/mol. The molecule has 0 saturated carbocycles. The van der Waals surface area contributed by atoms with Gasteiger partial charge in [-0.25, -0.2) is 0 Å². The third-order valence-electron chi connectivity index (χ3n) is 3.97. The van der Waals surface area contributed by atoms with Crippen molar-refractivity contribution >= 4 is 23.9 Å². The second-order valence-electron chi connectivity index (χ2n) is 6.03. The average molecular weight is 404 g/mol. The molecule has 1 N–H and O–H groups in total. The summed E-state index contributed by atoms with van der Waals surface area (Å²) in [7, 11) is 0. The summed E-state index contributed by atoms with van der Waals surface area (Å²) in [5.41, 5.74) is 0. The van der Waals surface area contributed by atoms with E-state index in [1.807, 2.05) is 0 Å². The lowest BCUT2D eigenvalue weighted by atomic mass is 10.1. The Labute approximate surface area is 163 Å². The van der Waals surface area contributed by atoms with E-state index in [1.165, 1.54) is 0 Å². The van der Waals surface area contributed by atoms with Gasteiger partial charge in [0.25, 0.3) is 0 Å². The van der Waals surface area contributed by atoms with Crippen LogP contribution >= 0.6 is 0 Å². The minimum Gasteiger partial charge on any atom is -0.462 e. The molecule has 0 aliphatic carbocycles. The molecule has 0 aromatic heterocycles. The molecule has 1 rings (SSSR count). The van der Waals surface area contributed by atoms with Crippen LogP contribution < -0.4 is 0 Å². The van der Waals surface area contributed by atoms with Crippen LogP contribution in [0.15, 0.2) is 0 Å². The first-order chi connectivity index (χ1) is 13.3. The molecule has 0 aromatic carbocycles. The molecule has 0 amide bonds. The Morgan fingerprint density at radius 1 is 0.821 bits per heavy atom. The number of esters is 4. The summed E-state index contributed by atoms with van der Waals surface area (Å²) in [6.45, 7) is 5.92. The lowest BCUT2D eigenvalue weighted by Gasteiger charge is -2.28. The molecule has 1 heterocycles. The van der Waals surface area contributed by atoms with Gasteiger partial charge < -0.3 is 28.8 Å². The van der Waals surface area contributed by atoms with Crippen LogP contribution in [0.4, 0.5) is 0 Å². The molecule has 5 atom stereocenters. The third-order valence-corrected chi connectivity index (χ3v) is 3.97. The second-order valence-corrected chi connectivity index (χ2v) is 6.03. The van der Waals surface area contributed by atoms with Crippen LogP contribution in [0.5, 0.6) is 0 Å². The highest BCUT2D eigenvalue weighted by atomic mass is 16.7. The molecule has 28 heavy (non-hydrogen) atoms. The topological polar surface area (TPSA) is 135 Å². The van der Waals surface area contributed by atoms with Crippen molar-refractivity contribution in [1.29, 1.82) is 0 Å². The van der Waals surface area contributed by atoms with Crippen molar-refractivity contribution in [2.24, 2.45) is 0 Å². The van der Waals surface area contributed by atoms with Crippen LogP contribution in [0.25, 0.3) is 0 Å². The summed E-state index contributed by atoms with van der Waals surface area (Å²) in [5.74, 6) is -2.40. The maximum absolute atomic E-state index is 11.8. The van der Waals surface area contributed by atoms with Crippen molar-refractivity contribution in [3.8, 4) is 0 Å². The first-order valence-corrected chi connectivity index (χ1v) is 9.34. The molecule has 0 radical (unpaired) electrons. The summed E-state index contributed by atoms with van der Waals surface area (Å²) in [6, 6.07) is 0. The first-order valence-electron chi connectivity index (χ1n) is 9.34. The zero-order valence-electron chi connectivity index (χ0n) is 16.5. The highest BCUT2D eigenvalue weighted by Crippen LogP contribution is 2.30. The van der Waals surface area contributed by atoms with Gasteiger partial charge in [-0.05, 0) is 0 Å². The monoisotopic (exact) mass is 404 g/mol. The molecular weight excluding hydrogens is 376 g/mol. The van der Waals surface area contributed by atoms with E-state index in [1.54, 1.807) is 27.7 Å². The van der Waals surface area contributed by atoms with Crippen molar-refractivity contribution in [3.05, 3.63) is 0 Å². The Bertz CT molecular complexity index is 561. The molecule has 1 aliphatic heterocycles. The summed E-state index contributed by atoms with van der Waals surface area (Å²) in [6.07, 6.45) is -6.32. The van der Waals surface area contributed by atoms with Crippen molar-refractivity contribution < 1.29 is 48.0 Å². The largest absolute Gasteiger partial charge is 0.462 e. The molecule has 0 bridgehead atoms. The predicted octanol–water partition coefficient (Wildman–Crippen LogP) is 0.622. The van der Waals surface area contributed by atoms with Gasteiger partial charge in [-0.15, -0.1) is 0 Å². The number of hydrogen-bond acceptors (Lipinski definition) is 10. The van der Waals surface area contributed by atoms with Crippen LogP contribution in [0.3, 0.4) is 0 Å². The van der Waals surface area contributed by atoms with Crippen molar-refractivity contribution in [2.75, 3.05) is 6.61 Å². The van der Waals surface area contributed by atoms with E-state index in [-0.39, 0.29) is 32.3 Å².